The van der Waals surface area contributed by atoms with Crippen LogP contribution in [0, 0.1) is 6.92 Å². The number of carboxylic acid groups (broad SMARTS) is 1. The van der Waals surface area contributed by atoms with Gasteiger partial charge in [-0.05, 0) is 41.3 Å². The van der Waals surface area contributed by atoms with E-state index in [-0.39, 0.29) is 41.7 Å². The number of carbonyl (C=O) groups is 1. The van der Waals surface area contributed by atoms with Crippen molar-refractivity contribution in [1.82, 2.24) is 0 Å². The molecule has 2 rings (SSSR count). The van der Waals surface area contributed by atoms with E-state index in [2.05, 4.69) is 0 Å². The number of carboxylic acids is 1. The van der Waals surface area contributed by atoms with E-state index in [0.717, 1.165) is 16.7 Å². The molecule has 3 nitrogen and oxygen atoms in total. The average molecular weight is 266 g/mol. The minimum absolute atomic E-state index is 0. The molecule has 4 heteroatoms. The van der Waals surface area contributed by atoms with E-state index in [1.165, 1.54) is 6.07 Å². The zero-order valence-corrected chi connectivity index (χ0v) is 10.1. The Bertz CT molecular complexity index is 594. The normalized spacial score (nSPS) is 9.79. The summed E-state index contributed by atoms with van der Waals surface area (Å²) >= 11 is 0. The Morgan fingerprint density at radius 3 is 2.37 bits per heavy atom. The van der Waals surface area contributed by atoms with Crippen molar-refractivity contribution >= 4 is 35.5 Å². The zero-order valence-electron chi connectivity index (χ0n) is 10.1. The molecule has 0 aromatic heterocycles. The van der Waals surface area contributed by atoms with Crippen LogP contribution in [0.15, 0.2) is 42.5 Å². The van der Waals surface area contributed by atoms with Crippen molar-refractivity contribution in [2.75, 3.05) is 0 Å². The van der Waals surface area contributed by atoms with E-state index < -0.39 is 5.97 Å². The molecule has 94 valence electrons. The molecule has 0 unspecified atom stereocenters. The first-order valence-corrected chi connectivity index (χ1v) is 5.66. The minimum atomic E-state index is -0.985. The van der Waals surface area contributed by atoms with Crippen molar-refractivity contribution in [1.29, 1.82) is 0 Å². The van der Waals surface area contributed by atoms with Gasteiger partial charge >= 0.3 is 35.5 Å². The van der Waals surface area contributed by atoms with Crippen LogP contribution in [-0.4, -0.2) is 45.7 Å². The van der Waals surface area contributed by atoms with Crippen molar-refractivity contribution in [2.45, 2.75) is 13.5 Å². The molecular formula is C15H15NaO3. The second-order valence-electron chi connectivity index (χ2n) is 4.15. The van der Waals surface area contributed by atoms with Crippen LogP contribution < -0.4 is 0 Å². The molecule has 0 saturated heterocycles. The number of hydrogen-bond acceptors (Lipinski definition) is 2. The number of rotatable bonds is 3. The molecule has 2 N–H and O–H groups in total. The Hall–Kier alpha value is -1.13. The number of hydrogen-bond donors (Lipinski definition) is 2. The zero-order chi connectivity index (χ0) is 13.1. The maximum atomic E-state index is 10.9. The van der Waals surface area contributed by atoms with Gasteiger partial charge in [0, 0.05) is 0 Å². The van der Waals surface area contributed by atoms with Gasteiger partial charge < -0.3 is 10.2 Å². The van der Waals surface area contributed by atoms with Crippen LogP contribution in [0.2, 0.25) is 0 Å². The third-order valence-corrected chi connectivity index (χ3v) is 2.96. The average Bonchev–Trinajstić information content (AvgIpc) is 2.38. The second-order valence-corrected chi connectivity index (χ2v) is 4.15. The molecule has 0 aliphatic rings. The third kappa shape index (κ3) is 3.45. The van der Waals surface area contributed by atoms with Crippen LogP contribution in [0.3, 0.4) is 0 Å². The van der Waals surface area contributed by atoms with Crippen LogP contribution >= 0.6 is 0 Å². The summed E-state index contributed by atoms with van der Waals surface area (Å²) in [6, 6.07) is 12.6. The topological polar surface area (TPSA) is 57.5 Å². The molecule has 0 radical (unpaired) electrons. The van der Waals surface area contributed by atoms with Gasteiger partial charge in [-0.3, -0.25) is 0 Å². The van der Waals surface area contributed by atoms with Crippen molar-refractivity contribution < 1.29 is 15.0 Å². The molecule has 0 atom stereocenters. The number of benzene rings is 2. The van der Waals surface area contributed by atoms with Gasteiger partial charge in [-0.15, -0.1) is 0 Å². The van der Waals surface area contributed by atoms with Crippen molar-refractivity contribution in [3.05, 3.63) is 59.2 Å². The second kappa shape index (κ2) is 6.87. The van der Waals surface area contributed by atoms with E-state index in [9.17, 15) is 9.90 Å². The standard InChI is InChI=1S/C15H14O3.Na.H/c1-10-4-2-3-5-13(10)14-7-6-11(15(17)18)8-12(14)9-16;;/h2-8,16H,9H2,1H3,(H,17,18);;. The summed E-state index contributed by atoms with van der Waals surface area (Å²) in [7, 11) is 0. The summed E-state index contributed by atoms with van der Waals surface area (Å²) < 4.78 is 0. The van der Waals surface area contributed by atoms with Gasteiger partial charge in [-0.2, -0.15) is 0 Å². The summed E-state index contributed by atoms with van der Waals surface area (Å²) in [6.07, 6.45) is 0. The Balaban J connectivity index is 0.00000180. The molecule has 0 aliphatic heterocycles. The van der Waals surface area contributed by atoms with Gasteiger partial charge in [0.2, 0.25) is 0 Å². The van der Waals surface area contributed by atoms with Crippen molar-refractivity contribution in [2.24, 2.45) is 0 Å². The molecule has 0 heterocycles. The number of aliphatic hydroxyl groups excluding tert-OH is 1. The van der Waals surface area contributed by atoms with E-state index in [1.807, 2.05) is 31.2 Å². The predicted octanol–water partition coefficient (Wildman–Crippen LogP) is 2.20. The summed E-state index contributed by atoms with van der Waals surface area (Å²) in [4.78, 5) is 10.9. The third-order valence-electron chi connectivity index (χ3n) is 2.96. The molecule has 0 amide bonds. The molecule has 0 fully saturated rings. The van der Waals surface area contributed by atoms with Crippen LogP contribution in [0.4, 0.5) is 0 Å². The summed E-state index contributed by atoms with van der Waals surface area (Å²) in [5.41, 5.74) is 3.80. The maximum absolute atomic E-state index is 10.9. The first kappa shape index (κ1) is 15.9. The number of aliphatic hydroxyl groups is 1. The van der Waals surface area contributed by atoms with E-state index in [0.29, 0.717) is 5.56 Å². The van der Waals surface area contributed by atoms with Crippen LogP contribution in [-0.2, 0) is 6.61 Å². The van der Waals surface area contributed by atoms with Gasteiger partial charge in [0.15, 0.2) is 0 Å². The Morgan fingerprint density at radius 1 is 1.11 bits per heavy atom. The van der Waals surface area contributed by atoms with Crippen molar-refractivity contribution in [3.8, 4) is 11.1 Å². The van der Waals surface area contributed by atoms with E-state index in [1.54, 1.807) is 12.1 Å². The predicted molar refractivity (Wildman–Crippen MR) is 76.6 cm³/mol. The fourth-order valence-electron chi connectivity index (χ4n) is 2.00. The van der Waals surface area contributed by atoms with Gasteiger partial charge in [-0.25, -0.2) is 4.79 Å². The summed E-state index contributed by atoms with van der Waals surface area (Å²) in [6.45, 7) is 1.81. The summed E-state index contributed by atoms with van der Waals surface area (Å²) in [5.74, 6) is -0.985. The fourth-order valence-corrected chi connectivity index (χ4v) is 2.00. The number of aryl methyl sites for hydroxylation is 1. The Labute approximate surface area is 134 Å². The Kier molecular flexibility index (Phi) is 5.76. The van der Waals surface area contributed by atoms with E-state index >= 15 is 0 Å². The molecule has 0 bridgehead atoms. The molecule has 2 aromatic rings. The SMILES string of the molecule is Cc1ccccc1-c1ccc(C(=O)O)cc1CO.[NaH]. The molecule has 0 spiro atoms. The van der Waals surface area contributed by atoms with Gasteiger partial charge in [-0.1, -0.05) is 30.3 Å². The molecule has 2 aromatic carbocycles. The van der Waals surface area contributed by atoms with E-state index in [4.69, 9.17) is 5.11 Å². The number of aromatic carboxylic acids is 1. The van der Waals surface area contributed by atoms with Crippen LogP contribution in [0.1, 0.15) is 21.5 Å². The Morgan fingerprint density at radius 2 is 1.79 bits per heavy atom. The first-order chi connectivity index (χ1) is 8.63. The molecule has 0 aliphatic carbocycles. The van der Waals surface area contributed by atoms with Gasteiger partial charge in [0.25, 0.3) is 0 Å². The summed E-state index contributed by atoms with van der Waals surface area (Å²) in [5, 5.41) is 18.3. The molecule has 19 heavy (non-hydrogen) atoms. The van der Waals surface area contributed by atoms with Gasteiger partial charge in [0.1, 0.15) is 0 Å². The molecular weight excluding hydrogens is 251 g/mol. The van der Waals surface area contributed by atoms with Crippen LogP contribution in [0.5, 0.6) is 0 Å². The van der Waals surface area contributed by atoms with Crippen LogP contribution in [0.25, 0.3) is 11.1 Å². The molecule has 0 saturated carbocycles. The fraction of sp³-hybridized carbons (Fsp3) is 0.133. The quantitative estimate of drug-likeness (QED) is 0.837. The monoisotopic (exact) mass is 266 g/mol. The first-order valence-electron chi connectivity index (χ1n) is 5.66. The van der Waals surface area contributed by atoms with Crippen molar-refractivity contribution in [3.63, 3.8) is 0 Å². The van der Waals surface area contributed by atoms with Gasteiger partial charge in [0.05, 0.1) is 12.2 Å².